The molecule has 17 heavy (non-hydrogen) atoms. The highest BCUT2D eigenvalue weighted by Crippen LogP contribution is 2.28. The highest BCUT2D eigenvalue weighted by atomic mass is 16.5. The van der Waals surface area contributed by atoms with Crippen LogP contribution in [0.3, 0.4) is 0 Å². The summed E-state index contributed by atoms with van der Waals surface area (Å²) < 4.78 is 5.12. The van der Waals surface area contributed by atoms with Crippen molar-refractivity contribution in [2.45, 2.75) is 18.9 Å². The van der Waals surface area contributed by atoms with Gasteiger partial charge < -0.3 is 10.5 Å². The molecule has 2 rings (SSSR count). The molecule has 0 saturated heterocycles. The first-order chi connectivity index (χ1) is 8.15. The number of aromatic nitrogens is 1. The summed E-state index contributed by atoms with van der Waals surface area (Å²) in [5, 5.41) is 1.12. The lowest BCUT2D eigenvalue weighted by Gasteiger charge is -2.26. The Bertz CT molecular complexity index is 503. The zero-order valence-corrected chi connectivity index (χ0v) is 10.3. The van der Waals surface area contributed by atoms with E-state index in [4.69, 9.17) is 10.5 Å². The van der Waals surface area contributed by atoms with Crippen molar-refractivity contribution in [2.24, 2.45) is 5.73 Å². The maximum Gasteiger partial charge on any atom is 0.0705 e. The van der Waals surface area contributed by atoms with E-state index in [-0.39, 0.29) is 0 Å². The highest BCUT2D eigenvalue weighted by Gasteiger charge is 2.22. The van der Waals surface area contributed by atoms with Crippen LogP contribution in [0.15, 0.2) is 36.5 Å². The third-order valence-electron chi connectivity index (χ3n) is 3.09. The second-order valence-corrected chi connectivity index (χ2v) is 4.54. The number of hydrogen-bond acceptors (Lipinski definition) is 3. The van der Waals surface area contributed by atoms with Gasteiger partial charge in [0.15, 0.2) is 0 Å². The first-order valence-electron chi connectivity index (χ1n) is 5.77. The van der Waals surface area contributed by atoms with E-state index in [0.29, 0.717) is 6.61 Å². The molecule has 90 valence electrons. The summed E-state index contributed by atoms with van der Waals surface area (Å²) in [6.45, 7) is 2.69. The molecule has 0 fully saturated rings. The molecule has 2 N–H and O–H groups in total. The van der Waals surface area contributed by atoms with Crippen LogP contribution in [-0.2, 0) is 10.3 Å². The minimum absolute atomic E-state index is 0.390. The molecular weight excluding hydrogens is 212 g/mol. The number of fused-ring (bicyclic) bond motifs is 1. The number of benzene rings is 1. The monoisotopic (exact) mass is 230 g/mol. The molecule has 0 amide bonds. The van der Waals surface area contributed by atoms with Crippen molar-refractivity contribution in [3.63, 3.8) is 0 Å². The molecule has 0 saturated carbocycles. The lowest BCUT2D eigenvalue weighted by Crippen LogP contribution is -2.34. The molecule has 1 aromatic heterocycles. The van der Waals surface area contributed by atoms with Gasteiger partial charge in [-0.15, -0.1) is 0 Å². The fourth-order valence-electron chi connectivity index (χ4n) is 2.05. The zero-order valence-electron chi connectivity index (χ0n) is 10.3. The van der Waals surface area contributed by atoms with Gasteiger partial charge in [0.25, 0.3) is 0 Å². The Morgan fingerprint density at radius 2 is 2.12 bits per heavy atom. The van der Waals surface area contributed by atoms with Crippen molar-refractivity contribution in [1.82, 2.24) is 4.98 Å². The number of methoxy groups -OCH3 is 1. The Kier molecular flexibility index (Phi) is 3.41. The predicted molar refractivity (Wildman–Crippen MR) is 69.8 cm³/mol. The predicted octanol–water partition coefficient (Wildman–Crippen LogP) is 2.45. The Balaban J connectivity index is 2.47. The van der Waals surface area contributed by atoms with Crippen LogP contribution >= 0.6 is 0 Å². The van der Waals surface area contributed by atoms with Crippen molar-refractivity contribution in [2.75, 3.05) is 13.7 Å². The van der Waals surface area contributed by atoms with Crippen molar-refractivity contribution in [1.29, 1.82) is 0 Å². The van der Waals surface area contributed by atoms with E-state index in [0.717, 1.165) is 22.9 Å². The van der Waals surface area contributed by atoms with Gasteiger partial charge in [0.05, 0.1) is 5.52 Å². The van der Waals surface area contributed by atoms with Crippen LogP contribution in [0.1, 0.15) is 18.9 Å². The quantitative estimate of drug-likeness (QED) is 0.877. The molecule has 1 atom stereocenters. The molecule has 0 bridgehead atoms. The van der Waals surface area contributed by atoms with Gasteiger partial charge in [0, 0.05) is 30.8 Å². The number of rotatable bonds is 4. The normalized spacial score (nSPS) is 14.8. The van der Waals surface area contributed by atoms with Gasteiger partial charge in [0.2, 0.25) is 0 Å². The van der Waals surface area contributed by atoms with Crippen molar-refractivity contribution in [3.05, 3.63) is 42.1 Å². The Morgan fingerprint density at radius 3 is 2.88 bits per heavy atom. The van der Waals surface area contributed by atoms with Crippen LogP contribution in [0, 0.1) is 0 Å². The third-order valence-corrected chi connectivity index (χ3v) is 3.09. The molecule has 0 aliphatic heterocycles. The second kappa shape index (κ2) is 4.82. The smallest absolute Gasteiger partial charge is 0.0705 e. The molecule has 1 unspecified atom stereocenters. The number of hydrogen-bond donors (Lipinski definition) is 1. The minimum atomic E-state index is -0.390. The molecule has 3 nitrogen and oxygen atoms in total. The van der Waals surface area contributed by atoms with Gasteiger partial charge in [0.1, 0.15) is 0 Å². The van der Waals surface area contributed by atoms with Crippen molar-refractivity contribution < 1.29 is 4.74 Å². The minimum Gasteiger partial charge on any atom is -0.385 e. The molecule has 2 aromatic rings. The summed E-state index contributed by atoms with van der Waals surface area (Å²) in [6.07, 6.45) is 2.59. The lowest BCUT2D eigenvalue weighted by atomic mass is 9.87. The third kappa shape index (κ3) is 2.46. The molecule has 0 aliphatic carbocycles. The molecule has 1 heterocycles. The van der Waals surface area contributed by atoms with E-state index < -0.39 is 5.54 Å². The SMILES string of the molecule is COCCC(C)(N)c1cccc2ncccc12. The fraction of sp³-hybridized carbons (Fsp3) is 0.357. The fourth-order valence-corrected chi connectivity index (χ4v) is 2.05. The Labute approximate surface area is 102 Å². The summed E-state index contributed by atoms with van der Waals surface area (Å²) >= 11 is 0. The summed E-state index contributed by atoms with van der Waals surface area (Å²) in [6, 6.07) is 10.1. The van der Waals surface area contributed by atoms with E-state index in [1.807, 2.05) is 25.1 Å². The van der Waals surface area contributed by atoms with E-state index in [9.17, 15) is 0 Å². The van der Waals surface area contributed by atoms with E-state index >= 15 is 0 Å². The molecule has 0 spiro atoms. The molecule has 0 radical (unpaired) electrons. The van der Waals surface area contributed by atoms with Crippen molar-refractivity contribution in [3.8, 4) is 0 Å². The van der Waals surface area contributed by atoms with Gasteiger partial charge in [-0.25, -0.2) is 0 Å². The molecule has 3 heteroatoms. The standard InChI is InChI=1S/C14H18N2O/c1-14(15,8-10-17-2)12-6-3-7-13-11(12)5-4-9-16-13/h3-7,9H,8,10,15H2,1-2H3. The number of pyridine rings is 1. The second-order valence-electron chi connectivity index (χ2n) is 4.54. The maximum absolute atomic E-state index is 6.38. The first-order valence-corrected chi connectivity index (χ1v) is 5.77. The van der Waals surface area contributed by atoms with Gasteiger partial charge in [-0.05, 0) is 31.0 Å². The van der Waals surface area contributed by atoms with Crippen LogP contribution in [0.25, 0.3) is 10.9 Å². The largest absolute Gasteiger partial charge is 0.385 e. The average Bonchev–Trinajstić information content (AvgIpc) is 2.36. The van der Waals surface area contributed by atoms with Crippen LogP contribution in [-0.4, -0.2) is 18.7 Å². The van der Waals surface area contributed by atoms with E-state index in [1.165, 1.54) is 0 Å². The molecular formula is C14H18N2O. The van der Waals surface area contributed by atoms with E-state index in [2.05, 4.69) is 17.1 Å². The molecule has 1 aromatic carbocycles. The molecule has 0 aliphatic rings. The lowest BCUT2D eigenvalue weighted by molar-refractivity contribution is 0.172. The topological polar surface area (TPSA) is 48.1 Å². The van der Waals surface area contributed by atoms with Gasteiger partial charge in [-0.1, -0.05) is 18.2 Å². The summed E-state index contributed by atoms with van der Waals surface area (Å²) in [5.41, 5.74) is 8.10. The summed E-state index contributed by atoms with van der Waals surface area (Å²) in [7, 11) is 1.70. The van der Waals surface area contributed by atoms with Crippen molar-refractivity contribution >= 4 is 10.9 Å². The van der Waals surface area contributed by atoms with Crippen LogP contribution in [0.5, 0.6) is 0 Å². The van der Waals surface area contributed by atoms with Gasteiger partial charge in [-0.3, -0.25) is 4.98 Å². The first kappa shape index (κ1) is 12.0. The average molecular weight is 230 g/mol. The van der Waals surface area contributed by atoms with E-state index in [1.54, 1.807) is 13.3 Å². The summed E-state index contributed by atoms with van der Waals surface area (Å²) in [4.78, 5) is 4.35. The number of ether oxygens (including phenoxy) is 1. The van der Waals surface area contributed by atoms with Crippen LogP contribution in [0.2, 0.25) is 0 Å². The Morgan fingerprint density at radius 1 is 1.29 bits per heavy atom. The maximum atomic E-state index is 6.38. The van der Waals surface area contributed by atoms with Gasteiger partial charge in [-0.2, -0.15) is 0 Å². The summed E-state index contributed by atoms with van der Waals surface area (Å²) in [5.74, 6) is 0. The zero-order chi connectivity index (χ0) is 12.3. The highest BCUT2D eigenvalue weighted by molar-refractivity contribution is 5.82. The van der Waals surface area contributed by atoms with Crippen LogP contribution in [0.4, 0.5) is 0 Å². The Hall–Kier alpha value is -1.45. The van der Waals surface area contributed by atoms with Gasteiger partial charge >= 0.3 is 0 Å². The number of nitrogens with two attached hydrogens (primary N) is 1. The van der Waals surface area contributed by atoms with Crippen LogP contribution < -0.4 is 5.73 Å². The number of nitrogens with zero attached hydrogens (tertiary/aromatic N) is 1.